The molecule has 1 saturated carbocycles. The predicted octanol–water partition coefficient (Wildman–Crippen LogP) is 2.69. The first-order valence-corrected chi connectivity index (χ1v) is 8.38. The lowest BCUT2D eigenvalue weighted by Gasteiger charge is -2.20. The van der Waals surface area contributed by atoms with Crippen molar-refractivity contribution >= 4 is 0 Å². The Morgan fingerprint density at radius 3 is 2.50 bits per heavy atom. The molecule has 0 radical (unpaired) electrons. The van der Waals surface area contributed by atoms with Gasteiger partial charge in [-0.1, -0.05) is 56.4 Å². The second-order valence-electron chi connectivity index (χ2n) is 6.32. The van der Waals surface area contributed by atoms with E-state index in [4.69, 9.17) is 5.73 Å². The van der Waals surface area contributed by atoms with Gasteiger partial charge in [0.2, 0.25) is 0 Å². The van der Waals surface area contributed by atoms with Crippen molar-refractivity contribution in [2.45, 2.75) is 58.0 Å². The molecule has 0 amide bonds. The Morgan fingerprint density at radius 1 is 1.05 bits per heavy atom. The van der Waals surface area contributed by atoms with Gasteiger partial charge in [-0.05, 0) is 33.9 Å². The molecule has 118 valence electrons. The molecule has 22 heavy (non-hydrogen) atoms. The zero-order chi connectivity index (χ0) is 15.2. The molecule has 1 aromatic carbocycles. The van der Waals surface area contributed by atoms with E-state index >= 15 is 0 Å². The van der Waals surface area contributed by atoms with Crippen LogP contribution in [-0.4, -0.2) is 20.2 Å². The summed E-state index contributed by atoms with van der Waals surface area (Å²) in [6.45, 7) is 1.32. The van der Waals surface area contributed by atoms with Gasteiger partial charge in [0.05, 0.1) is 6.54 Å². The number of hydrogen-bond acceptors (Lipinski definition) is 4. The zero-order valence-corrected chi connectivity index (χ0v) is 13.1. The van der Waals surface area contributed by atoms with Gasteiger partial charge in [0, 0.05) is 13.0 Å². The van der Waals surface area contributed by atoms with Crippen molar-refractivity contribution in [2.75, 3.05) is 0 Å². The third-order valence-electron chi connectivity index (χ3n) is 4.70. The van der Waals surface area contributed by atoms with Gasteiger partial charge in [-0.25, -0.2) is 4.68 Å². The fourth-order valence-corrected chi connectivity index (χ4v) is 3.29. The molecule has 0 aliphatic heterocycles. The molecule has 0 atom stereocenters. The van der Waals surface area contributed by atoms with Crippen molar-refractivity contribution in [3.05, 3.63) is 41.2 Å². The van der Waals surface area contributed by atoms with Gasteiger partial charge < -0.3 is 5.73 Å². The summed E-state index contributed by atoms with van der Waals surface area (Å²) in [4.78, 5) is 0. The maximum absolute atomic E-state index is 5.63. The normalized spacial score (nSPS) is 16.0. The maximum Gasteiger partial charge on any atom is 0.151 e. The summed E-state index contributed by atoms with van der Waals surface area (Å²) in [7, 11) is 0. The summed E-state index contributed by atoms with van der Waals surface area (Å²) in [5, 5.41) is 12.2. The Bertz CT molecular complexity index is 569. The lowest BCUT2D eigenvalue weighted by molar-refractivity contribution is 0.335. The molecule has 1 aromatic heterocycles. The van der Waals surface area contributed by atoms with E-state index in [2.05, 4.69) is 39.8 Å². The monoisotopic (exact) mass is 299 g/mol. The second-order valence-corrected chi connectivity index (χ2v) is 6.32. The molecule has 5 nitrogen and oxygen atoms in total. The Hall–Kier alpha value is -1.75. The van der Waals surface area contributed by atoms with E-state index in [1.165, 1.54) is 44.1 Å². The van der Waals surface area contributed by atoms with Crippen molar-refractivity contribution in [1.29, 1.82) is 0 Å². The lowest BCUT2D eigenvalue weighted by Crippen LogP contribution is -2.11. The minimum atomic E-state index is 0.581. The lowest BCUT2D eigenvalue weighted by atomic mass is 9.86. The zero-order valence-electron chi connectivity index (χ0n) is 13.1. The van der Waals surface area contributed by atoms with Gasteiger partial charge in [0.1, 0.15) is 0 Å². The van der Waals surface area contributed by atoms with Crippen LogP contribution in [0.25, 0.3) is 0 Å². The Kier molecular flexibility index (Phi) is 5.16. The van der Waals surface area contributed by atoms with Crippen molar-refractivity contribution in [1.82, 2.24) is 20.2 Å². The number of benzene rings is 1. The van der Waals surface area contributed by atoms with E-state index in [1.807, 2.05) is 4.68 Å². The van der Waals surface area contributed by atoms with Crippen LogP contribution < -0.4 is 5.73 Å². The van der Waals surface area contributed by atoms with E-state index in [0.29, 0.717) is 6.54 Å². The summed E-state index contributed by atoms with van der Waals surface area (Å²) in [5.74, 6) is 1.87. The fourth-order valence-electron chi connectivity index (χ4n) is 3.29. The van der Waals surface area contributed by atoms with Crippen molar-refractivity contribution in [3.8, 4) is 0 Å². The van der Waals surface area contributed by atoms with Crippen LogP contribution in [0.15, 0.2) is 24.3 Å². The van der Waals surface area contributed by atoms with Gasteiger partial charge in [0.25, 0.3) is 0 Å². The molecule has 2 aromatic rings. The maximum atomic E-state index is 5.63. The average Bonchev–Trinajstić information content (AvgIpc) is 3.02. The van der Waals surface area contributed by atoms with Crippen LogP contribution in [-0.2, 0) is 19.5 Å². The number of nitrogens with two attached hydrogens (primary N) is 1. The van der Waals surface area contributed by atoms with E-state index in [0.717, 1.165) is 30.3 Å². The molecule has 5 heteroatoms. The molecule has 0 unspecified atom stereocenters. The second kappa shape index (κ2) is 7.49. The summed E-state index contributed by atoms with van der Waals surface area (Å²) in [6, 6.07) is 8.35. The third-order valence-corrected chi connectivity index (χ3v) is 4.70. The first-order chi connectivity index (χ1) is 10.8. The largest absolute Gasteiger partial charge is 0.326 e. The first kappa shape index (κ1) is 15.2. The highest BCUT2D eigenvalue weighted by Gasteiger charge is 2.15. The van der Waals surface area contributed by atoms with E-state index in [9.17, 15) is 0 Å². The quantitative estimate of drug-likeness (QED) is 0.890. The summed E-state index contributed by atoms with van der Waals surface area (Å²) in [5.41, 5.74) is 8.00. The number of aryl methyl sites for hydroxylation is 1. The smallest absolute Gasteiger partial charge is 0.151 e. The molecule has 3 rings (SSSR count). The molecule has 0 saturated heterocycles. The van der Waals surface area contributed by atoms with Crippen LogP contribution in [0, 0.1) is 5.92 Å². The Morgan fingerprint density at radius 2 is 1.77 bits per heavy atom. The number of hydrogen-bond donors (Lipinski definition) is 1. The number of nitrogens with zero attached hydrogens (tertiary/aromatic N) is 4. The van der Waals surface area contributed by atoms with Gasteiger partial charge in [-0.2, -0.15) is 0 Å². The minimum absolute atomic E-state index is 0.581. The molecule has 0 spiro atoms. The topological polar surface area (TPSA) is 69.6 Å². The molecule has 2 N–H and O–H groups in total. The summed E-state index contributed by atoms with van der Waals surface area (Å²) >= 11 is 0. The molecular weight excluding hydrogens is 274 g/mol. The highest BCUT2D eigenvalue weighted by molar-refractivity contribution is 5.22. The molecule has 1 heterocycles. The Labute approximate surface area is 131 Å². The highest BCUT2D eigenvalue weighted by atomic mass is 15.5. The molecule has 1 aliphatic rings. The molecule has 1 aliphatic carbocycles. The number of tetrazole rings is 1. The fraction of sp³-hybridized carbons (Fsp3) is 0.588. The highest BCUT2D eigenvalue weighted by Crippen LogP contribution is 2.27. The summed E-state index contributed by atoms with van der Waals surface area (Å²) in [6.07, 6.45) is 9.15. The number of aromatic nitrogens is 4. The van der Waals surface area contributed by atoms with Crippen LogP contribution in [0.1, 0.15) is 55.5 Å². The SMILES string of the molecule is NCc1ccc(Cn2nnnc2CCC2CCCCC2)cc1. The van der Waals surface area contributed by atoms with Crippen LogP contribution >= 0.6 is 0 Å². The van der Waals surface area contributed by atoms with Crippen molar-refractivity contribution in [3.63, 3.8) is 0 Å². The van der Waals surface area contributed by atoms with Crippen LogP contribution in [0.5, 0.6) is 0 Å². The predicted molar refractivity (Wildman–Crippen MR) is 86.1 cm³/mol. The number of rotatable bonds is 6. The first-order valence-electron chi connectivity index (χ1n) is 8.38. The third kappa shape index (κ3) is 3.91. The van der Waals surface area contributed by atoms with Crippen molar-refractivity contribution in [2.24, 2.45) is 11.7 Å². The average molecular weight is 299 g/mol. The van der Waals surface area contributed by atoms with E-state index in [-0.39, 0.29) is 0 Å². The van der Waals surface area contributed by atoms with Crippen LogP contribution in [0.3, 0.4) is 0 Å². The molecule has 0 bridgehead atoms. The van der Waals surface area contributed by atoms with Crippen molar-refractivity contribution < 1.29 is 0 Å². The Balaban J connectivity index is 1.58. The van der Waals surface area contributed by atoms with E-state index in [1.54, 1.807) is 0 Å². The van der Waals surface area contributed by atoms with Gasteiger partial charge in [0.15, 0.2) is 5.82 Å². The molecular formula is C17H25N5. The van der Waals surface area contributed by atoms with E-state index < -0.39 is 0 Å². The van der Waals surface area contributed by atoms with Gasteiger partial charge in [-0.15, -0.1) is 5.10 Å². The van der Waals surface area contributed by atoms with Crippen LogP contribution in [0.2, 0.25) is 0 Å². The van der Waals surface area contributed by atoms with Crippen LogP contribution in [0.4, 0.5) is 0 Å². The standard InChI is InChI=1S/C17H25N5/c18-12-15-6-8-16(9-7-15)13-22-17(19-20-21-22)11-10-14-4-2-1-3-5-14/h6-9,14H,1-5,10-13,18H2. The minimum Gasteiger partial charge on any atom is -0.326 e. The van der Waals surface area contributed by atoms with Gasteiger partial charge >= 0.3 is 0 Å². The van der Waals surface area contributed by atoms with Gasteiger partial charge in [-0.3, -0.25) is 0 Å². The summed E-state index contributed by atoms with van der Waals surface area (Å²) < 4.78 is 1.93. The molecule has 1 fully saturated rings.